The lowest BCUT2D eigenvalue weighted by Crippen LogP contribution is -2.47. The predicted octanol–water partition coefficient (Wildman–Crippen LogP) is 5.54. The first-order chi connectivity index (χ1) is 14.0. The van der Waals surface area contributed by atoms with Crippen molar-refractivity contribution in [1.29, 1.82) is 0 Å². The fraction of sp³-hybridized carbons (Fsp3) is 0.522. The van der Waals surface area contributed by atoms with Crippen molar-refractivity contribution in [1.82, 2.24) is 9.88 Å². The third-order valence-electron chi connectivity index (χ3n) is 4.90. The average Bonchev–Trinajstić information content (AvgIpc) is 3.13. The fourth-order valence-electron chi connectivity index (χ4n) is 3.20. The first-order valence-corrected chi connectivity index (χ1v) is 10.2. The molecule has 0 aliphatic rings. The van der Waals surface area contributed by atoms with Gasteiger partial charge in [-0.15, -0.1) is 0 Å². The molecule has 0 saturated heterocycles. The number of nitrogens with one attached hydrogen (secondary N) is 1. The van der Waals surface area contributed by atoms with E-state index in [1.807, 2.05) is 39.0 Å². The van der Waals surface area contributed by atoms with Crippen molar-refractivity contribution >= 4 is 17.7 Å². The van der Waals surface area contributed by atoms with Crippen molar-refractivity contribution < 1.29 is 18.7 Å². The Hall–Kier alpha value is -2.83. The Morgan fingerprint density at radius 3 is 2.17 bits per heavy atom. The normalized spacial score (nSPS) is 11.7. The van der Waals surface area contributed by atoms with Gasteiger partial charge in [-0.05, 0) is 43.7 Å². The molecule has 0 aliphatic heterocycles. The second-order valence-corrected chi connectivity index (χ2v) is 8.93. The highest BCUT2D eigenvalue weighted by Gasteiger charge is 2.30. The van der Waals surface area contributed by atoms with E-state index in [-0.39, 0.29) is 36.0 Å². The van der Waals surface area contributed by atoms with Crippen LogP contribution in [0.25, 0.3) is 0 Å². The molecule has 0 aliphatic carbocycles. The summed E-state index contributed by atoms with van der Waals surface area (Å²) < 4.78 is 10.1. The maximum absolute atomic E-state index is 13.4. The van der Waals surface area contributed by atoms with Gasteiger partial charge in [-0.3, -0.25) is 0 Å². The van der Waals surface area contributed by atoms with Gasteiger partial charge in [-0.1, -0.05) is 45.9 Å². The summed E-state index contributed by atoms with van der Waals surface area (Å²) in [4.78, 5) is 30.8. The largest absolute Gasteiger partial charge is 0.464 e. The molecule has 7 heteroatoms. The van der Waals surface area contributed by atoms with Gasteiger partial charge in [0.05, 0.1) is 13.7 Å². The van der Waals surface area contributed by atoms with Crippen LogP contribution in [-0.4, -0.2) is 34.5 Å². The number of hydrogen-bond acceptors (Lipinski definition) is 5. The van der Waals surface area contributed by atoms with Crippen LogP contribution < -0.4 is 5.32 Å². The Balaban J connectivity index is 2.36. The van der Waals surface area contributed by atoms with Gasteiger partial charge in [-0.25, -0.2) is 14.6 Å². The Morgan fingerprint density at radius 1 is 1.13 bits per heavy atom. The van der Waals surface area contributed by atoms with E-state index in [0.29, 0.717) is 0 Å². The summed E-state index contributed by atoms with van der Waals surface area (Å²) in [5, 5.41) is 3.14. The van der Waals surface area contributed by atoms with Crippen molar-refractivity contribution in [3.8, 4) is 0 Å². The molecule has 2 aromatic rings. The van der Waals surface area contributed by atoms with Crippen molar-refractivity contribution in [2.24, 2.45) is 0 Å². The van der Waals surface area contributed by atoms with Crippen LogP contribution in [-0.2, 0) is 11.3 Å². The zero-order valence-electron chi connectivity index (χ0n) is 19.2. The van der Waals surface area contributed by atoms with Crippen molar-refractivity contribution in [3.63, 3.8) is 0 Å². The average molecular weight is 416 g/mol. The highest BCUT2D eigenvalue weighted by molar-refractivity contribution is 5.92. The zero-order chi connectivity index (χ0) is 22.6. The van der Waals surface area contributed by atoms with Gasteiger partial charge in [-0.2, -0.15) is 0 Å². The molecular formula is C23H33N3O4. The maximum Gasteiger partial charge on any atom is 0.360 e. The molecule has 0 bridgehead atoms. The molecule has 2 amide bonds. The minimum Gasteiger partial charge on any atom is -0.464 e. The number of urea groups is 1. The molecule has 0 spiro atoms. The number of hydrogen-bond donors (Lipinski definition) is 1. The number of esters is 1. The first kappa shape index (κ1) is 23.4. The lowest BCUT2D eigenvalue weighted by atomic mass is 9.92. The number of oxazole rings is 1. The molecule has 30 heavy (non-hydrogen) atoms. The van der Waals surface area contributed by atoms with Crippen molar-refractivity contribution in [2.45, 2.75) is 72.4 Å². The van der Waals surface area contributed by atoms with Gasteiger partial charge in [0.25, 0.3) is 0 Å². The van der Waals surface area contributed by atoms with Gasteiger partial charge < -0.3 is 19.4 Å². The number of nitrogens with zero attached hydrogens (tertiary/aromatic N) is 2. The Kier molecular flexibility index (Phi) is 7.29. The van der Waals surface area contributed by atoms with E-state index in [2.05, 4.69) is 42.7 Å². The topological polar surface area (TPSA) is 84.7 Å². The SMILES string of the molecule is COC(=O)c1coc(CN(C(=O)Nc2c(C(C)C)cccc2C(C)C)C(C)(C)C)n1. The van der Waals surface area contributed by atoms with E-state index in [1.54, 1.807) is 4.90 Å². The molecule has 1 heterocycles. The molecule has 1 aromatic carbocycles. The van der Waals surface area contributed by atoms with E-state index in [0.717, 1.165) is 16.8 Å². The second-order valence-electron chi connectivity index (χ2n) is 8.93. The number of para-hydroxylation sites is 1. The summed E-state index contributed by atoms with van der Waals surface area (Å²) in [5.41, 5.74) is 2.60. The second kappa shape index (κ2) is 9.32. The Bertz CT molecular complexity index is 868. The van der Waals surface area contributed by atoms with E-state index in [9.17, 15) is 9.59 Å². The number of carbonyl (C=O) groups is 2. The number of anilines is 1. The summed E-state index contributed by atoms with van der Waals surface area (Å²) in [6, 6.07) is 5.87. The van der Waals surface area contributed by atoms with Gasteiger partial charge in [0.1, 0.15) is 6.26 Å². The number of benzene rings is 1. The Morgan fingerprint density at radius 2 is 1.70 bits per heavy atom. The smallest absolute Gasteiger partial charge is 0.360 e. The molecule has 1 aromatic heterocycles. The number of amides is 2. The van der Waals surface area contributed by atoms with Crippen LogP contribution >= 0.6 is 0 Å². The molecular weight excluding hydrogens is 382 g/mol. The molecule has 0 radical (unpaired) electrons. The molecule has 2 rings (SSSR count). The van der Waals surface area contributed by atoms with Crippen molar-refractivity contribution in [3.05, 3.63) is 47.2 Å². The molecule has 0 saturated carbocycles. The van der Waals surface area contributed by atoms with Gasteiger partial charge >= 0.3 is 12.0 Å². The van der Waals surface area contributed by atoms with Crippen LogP contribution in [0.5, 0.6) is 0 Å². The lowest BCUT2D eigenvalue weighted by Gasteiger charge is -2.35. The van der Waals surface area contributed by atoms with Crippen LogP contribution in [0.2, 0.25) is 0 Å². The van der Waals surface area contributed by atoms with Crippen LogP contribution in [0.4, 0.5) is 10.5 Å². The summed E-state index contributed by atoms with van der Waals surface area (Å²) in [6.07, 6.45) is 1.24. The number of rotatable bonds is 6. The minimum absolute atomic E-state index is 0.0778. The van der Waals surface area contributed by atoms with Crippen LogP contribution in [0.15, 0.2) is 28.9 Å². The molecule has 0 atom stereocenters. The highest BCUT2D eigenvalue weighted by Crippen LogP contribution is 2.33. The van der Waals surface area contributed by atoms with Gasteiger partial charge in [0, 0.05) is 11.2 Å². The molecule has 0 fully saturated rings. The molecule has 7 nitrogen and oxygen atoms in total. The zero-order valence-corrected chi connectivity index (χ0v) is 19.2. The molecule has 0 unspecified atom stereocenters. The molecule has 1 N–H and O–H groups in total. The van der Waals surface area contributed by atoms with E-state index in [1.165, 1.54) is 13.4 Å². The number of aromatic nitrogens is 1. The monoisotopic (exact) mass is 415 g/mol. The summed E-state index contributed by atoms with van der Waals surface area (Å²) >= 11 is 0. The maximum atomic E-state index is 13.4. The fourth-order valence-corrected chi connectivity index (χ4v) is 3.20. The summed E-state index contributed by atoms with van der Waals surface area (Å²) in [7, 11) is 1.28. The minimum atomic E-state index is -0.579. The summed E-state index contributed by atoms with van der Waals surface area (Å²) in [6.45, 7) is 14.4. The van der Waals surface area contributed by atoms with E-state index in [4.69, 9.17) is 4.42 Å². The van der Waals surface area contributed by atoms with Crippen LogP contribution in [0.1, 0.15) is 87.8 Å². The van der Waals surface area contributed by atoms with Crippen molar-refractivity contribution in [2.75, 3.05) is 12.4 Å². The predicted molar refractivity (Wildman–Crippen MR) is 117 cm³/mol. The van der Waals surface area contributed by atoms with Gasteiger partial charge in [0.2, 0.25) is 5.89 Å². The van der Waals surface area contributed by atoms with Gasteiger partial charge in [0.15, 0.2) is 5.69 Å². The van der Waals surface area contributed by atoms with Crippen LogP contribution in [0.3, 0.4) is 0 Å². The number of methoxy groups -OCH3 is 1. The highest BCUT2D eigenvalue weighted by atomic mass is 16.5. The van der Waals surface area contributed by atoms with E-state index >= 15 is 0 Å². The third kappa shape index (κ3) is 5.40. The lowest BCUT2D eigenvalue weighted by molar-refractivity contribution is 0.0594. The molecule has 164 valence electrons. The van der Waals surface area contributed by atoms with E-state index < -0.39 is 11.5 Å². The number of ether oxygens (including phenoxy) is 1. The number of carbonyl (C=O) groups excluding carboxylic acids is 2. The van der Waals surface area contributed by atoms with Crippen LogP contribution in [0, 0.1) is 0 Å². The first-order valence-electron chi connectivity index (χ1n) is 10.2. The Labute approximate surface area is 178 Å². The quantitative estimate of drug-likeness (QED) is 0.626. The standard InChI is InChI=1S/C23H33N3O4/c1-14(2)16-10-9-11-17(15(3)4)20(16)25-22(28)26(23(5,6)7)12-19-24-18(13-30-19)21(27)29-8/h9-11,13-15H,12H2,1-8H3,(H,25,28). The third-order valence-corrected chi connectivity index (χ3v) is 4.90. The summed E-state index contributed by atoms with van der Waals surface area (Å²) in [5.74, 6) is 0.207.